The molecule has 1 saturated carbocycles. The fraction of sp³-hybridized carbons (Fsp3) is 0.216. The number of anilines is 1. The maximum atomic E-state index is 13.5. The monoisotopic (exact) mass is 601 g/mol. The Bertz CT molecular complexity index is 1760. The van der Waals surface area contributed by atoms with Crippen LogP contribution >= 0.6 is 0 Å². The SMILES string of the molecule is Cc1ccc(C(=O)Oc2ccc(C(=O)COC(=O)c3cccc(N4C(=O)[C@H]5CC[C@@H](c6ccccc6)C[C@@H]5C4=O)c3)cc2)cc1. The average Bonchev–Trinajstić information content (AvgIpc) is 3.32. The summed E-state index contributed by atoms with van der Waals surface area (Å²) in [5.74, 6) is -2.50. The highest BCUT2D eigenvalue weighted by Gasteiger charge is 2.50. The number of benzene rings is 4. The van der Waals surface area contributed by atoms with Crippen molar-refractivity contribution in [3.8, 4) is 5.75 Å². The number of nitrogens with zero attached hydrogens (tertiary/aromatic N) is 1. The lowest BCUT2D eigenvalue weighted by atomic mass is 9.73. The van der Waals surface area contributed by atoms with Crippen LogP contribution in [0.1, 0.15) is 67.4 Å². The van der Waals surface area contributed by atoms with Crippen LogP contribution in [0.5, 0.6) is 5.75 Å². The Morgan fingerprint density at radius 2 is 1.40 bits per heavy atom. The normalized spacial score (nSPS) is 19.1. The van der Waals surface area contributed by atoms with Crippen LogP contribution in [0.3, 0.4) is 0 Å². The van der Waals surface area contributed by atoms with E-state index in [1.54, 1.807) is 24.3 Å². The Morgan fingerprint density at radius 3 is 2.13 bits per heavy atom. The van der Waals surface area contributed by atoms with Gasteiger partial charge in [0.15, 0.2) is 12.4 Å². The molecule has 4 aromatic carbocycles. The standard InChI is InChI=1S/C37H31NO7/c1-23-10-12-26(13-11-23)37(43)45-30-17-14-25(15-18-30)33(39)22-44-36(42)28-8-5-9-29(20-28)38-34(40)31-19-16-27(21-32(31)35(38)41)24-6-3-2-4-7-24/h2-15,17-18,20,27,31-32H,16,19,21-22H2,1H3/t27-,31+,32+/m1/s1. The third-order valence-corrected chi connectivity index (χ3v) is 8.54. The van der Waals surface area contributed by atoms with Gasteiger partial charge in [-0.15, -0.1) is 0 Å². The number of carbonyl (C=O) groups is 5. The van der Waals surface area contributed by atoms with Crippen molar-refractivity contribution in [1.29, 1.82) is 0 Å². The molecular formula is C37H31NO7. The third-order valence-electron chi connectivity index (χ3n) is 8.54. The second-order valence-corrected chi connectivity index (χ2v) is 11.5. The zero-order chi connectivity index (χ0) is 31.5. The maximum absolute atomic E-state index is 13.5. The summed E-state index contributed by atoms with van der Waals surface area (Å²) in [6.07, 6.45) is 2.07. The van der Waals surface area contributed by atoms with E-state index in [2.05, 4.69) is 12.1 Å². The van der Waals surface area contributed by atoms with Crippen molar-refractivity contribution < 1.29 is 33.4 Å². The first kappa shape index (κ1) is 29.7. The molecule has 6 rings (SSSR count). The fourth-order valence-corrected chi connectivity index (χ4v) is 6.10. The molecule has 2 aliphatic rings. The first-order valence-electron chi connectivity index (χ1n) is 14.9. The molecule has 0 N–H and O–H groups in total. The fourth-order valence-electron chi connectivity index (χ4n) is 6.10. The van der Waals surface area contributed by atoms with E-state index < -0.39 is 30.2 Å². The maximum Gasteiger partial charge on any atom is 0.343 e. The quantitative estimate of drug-likeness (QED) is 0.101. The number of hydrogen-bond donors (Lipinski definition) is 0. The van der Waals surface area contributed by atoms with Gasteiger partial charge in [0.25, 0.3) is 0 Å². The van der Waals surface area contributed by atoms with Gasteiger partial charge in [0.2, 0.25) is 11.8 Å². The molecule has 0 spiro atoms. The smallest absolute Gasteiger partial charge is 0.343 e. The topological polar surface area (TPSA) is 107 Å². The summed E-state index contributed by atoms with van der Waals surface area (Å²) in [7, 11) is 0. The highest BCUT2D eigenvalue weighted by Crippen LogP contribution is 2.45. The van der Waals surface area contributed by atoms with Gasteiger partial charge in [-0.2, -0.15) is 0 Å². The molecule has 1 aliphatic heterocycles. The van der Waals surface area contributed by atoms with E-state index in [0.29, 0.717) is 24.1 Å². The number of fused-ring (bicyclic) bond motifs is 1. The molecule has 2 amide bonds. The first-order valence-corrected chi connectivity index (χ1v) is 14.9. The van der Waals surface area contributed by atoms with Gasteiger partial charge >= 0.3 is 11.9 Å². The molecule has 226 valence electrons. The van der Waals surface area contributed by atoms with Gasteiger partial charge in [0, 0.05) is 5.56 Å². The minimum absolute atomic E-state index is 0.122. The molecular weight excluding hydrogens is 570 g/mol. The summed E-state index contributed by atoms with van der Waals surface area (Å²) in [6.45, 7) is 1.40. The number of ketones is 1. The summed E-state index contributed by atoms with van der Waals surface area (Å²) >= 11 is 0. The average molecular weight is 602 g/mol. The molecule has 2 fully saturated rings. The summed E-state index contributed by atoms with van der Waals surface area (Å²) in [6, 6.07) is 29.1. The molecule has 45 heavy (non-hydrogen) atoms. The van der Waals surface area contributed by atoms with Crippen LogP contribution in [-0.4, -0.2) is 36.1 Å². The Morgan fingerprint density at radius 1 is 0.711 bits per heavy atom. The number of amides is 2. The minimum atomic E-state index is -0.755. The van der Waals surface area contributed by atoms with Crippen molar-refractivity contribution in [2.75, 3.05) is 11.5 Å². The van der Waals surface area contributed by atoms with Crippen molar-refractivity contribution in [2.45, 2.75) is 32.1 Å². The van der Waals surface area contributed by atoms with E-state index in [4.69, 9.17) is 9.47 Å². The molecule has 8 heteroatoms. The van der Waals surface area contributed by atoms with Crippen LogP contribution in [0, 0.1) is 18.8 Å². The summed E-state index contributed by atoms with van der Waals surface area (Å²) < 4.78 is 10.6. The van der Waals surface area contributed by atoms with Crippen LogP contribution < -0.4 is 9.64 Å². The van der Waals surface area contributed by atoms with E-state index in [9.17, 15) is 24.0 Å². The number of esters is 2. The number of carbonyl (C=O) groups excluding carboxylic acids is 5. The molecule has 1 heterocycles. The van der Waals surface area contributed by atoms with Crippen molar-refractivity contribution in [3.05, 3.63) is 131 Å². The summed E-state index contributed by atoms with van der Waals surface area (Å²) in [4.78, 5) is 65.9. The second-order valence-electron chi connectivity index (χ2n) is 11.5. The highest BCUT2D eigenvalue weighted by atomic mass is 16.5. The van der Waals surface area contributed by atoms with Gasteiger partial charge in [0.05, 0.1) is 28.7 Å². The van der Waals surface area contributed by atoms with E-state index in [0.717, 1.165) is 12.0 Å². The van der Waals surface area contributed by atoms with Crippen LogP contribution in [0.4, 0.5) is 5.69 Å². The lowest BCUT2D eigenvalue weighted by Crippen LogP contribution is -2.31. The number of hydrogen-bond acceptors (Lipinski definition) is 7. The molecule has 3 atom stereocenters. The van der Waals surface area contributed by atoms with Crippen LogP contribution in [0.25, 0.3) is 0 Å². The van der Waals surface area contributed by atoms with Gasteiger partial charge in [-0.1, -0.05) is 54.1 Å². The summed E-state index contributed by atoms with van der Waals surface area (Å²) in [5.41, 5.74) is 3.31. The Kier molecular flexibility index (Phi) is 8.38. The molecule has 0 aromatic heterocycles. The molecule has 8 nitrogen and oxygen atoms in total. The van der Waals surface area contributed by atoms with Gasteiger partial charge in [-0.05, 0) is 92.3 Å². The predicted molar refractivity (Wildman–Crippen MR) is 166 cm³/mol. The Balaban J connectivity index is 1.06. The molecule has 1 saturated heterocycles. The van der Waals surface area contributed by atoms with E-state index in [-0.39, 0.29) is 40.5 Å². The number of imide groups is 1. The molecule has 1 aliphatic carbocycles. The van der Waals surface area contributed by atoms with Gasteiger partial charge in [0.1, 0.15) is 5.75 Å². The van der Waals surface area contributed by atoms with Gasteiger partial charge < -0.3 is 9.47 Å². The number of Topliss-reactive ketones (excluding diaryl/α,β-unsaturated/α-hetero) is 1. The van der Waals surface area contributed by atoms with E-state index in [1.807, 2.05) is 37.3 Å². The van der Waals surface area contributed by atoms with Crippen molar-refractivity contribution >= 4 is 35.2 Å². The van der Waals surface area contributed by atoms with Gasteiger partial charge in [-0.3, -0.25) is 19.3 Å². The Hall–Kier alpha value is -5.37. The number of ether oxygens (including phenoxy) is 2. The molecule has 0 bridgehead atoms. The third kappa shape index (κ3) is 6.31. The van der Waals surface area contributed by atoms with Crippen LogP contribution in [0.2, 0.25) is 0 Å². The highest BCUT2D eigenvalue weighted by molar-refractivity contribution is 6.22. The van der Waals surface area contributed by atoms with Crippen LogP contribution in [0.15, 0.2) is 103 Å². The zero-order valence-electron chi connectivity index (χ0n) is 24.7. The van der Waals surface area contributed by atoms with Crippen LogP contribution in [-0.2, 0) is 14.3 Å². The lowest BCUT2D eigenvalue weighted by molar-refractivity contribution is -0.122. The summed E-state index contributed by atoms with van der Waals surface area (Å²) in [5, 5.41) is 0. The van der Waals surface area contributed by atoms with E-state index >= 15 is 0 Å². The van der Waals surface area contributed by atoms with E-state index in [1.165, 1.54) is 46.9 Å². The van der Waals surface area contributed by atoms with Crippen molar-refractivity contribution in [2.24, 2.45) is 11.8 Å². The molecule has 0 radical (unpaired) electrons. The largest absolute Gasteiger partial charge is 0.454 e. The first-order chi connectivity index (χ1) is 21.8. The zero-order valence-corrected chi connectivity index (χ0v) is 24.7. The van der Waals surface area contributed by atoms with Gasteiger partial charge in [-0.25, -0.2) is 9.59 Å². The second kappa shape index (κ2) is 12.7. The Labute approximate surface area is 260 Å². The predicted octanol–water partition coefficient (Wildman–Crippen LogP) is 6.33. The van der Waals surface area contributed by atoms with Crippen molar-refractivity contribution in [3.63, 3.8) is 0 Å². The number of rotatable bonds is 8. The minimum Gasteiger partial charge on any atom is -0.454 e. The number of aryl methyl sites for hydroxylation is 1. The molecule has 4 aromatic rings. The molecule has 0 unspecified atom stereocenters. The lowest BCUT2D eigenvalue weighted by Gasteiger charge is -2.28. The van der Waals surface area contributed by atoms with Crippen molar-refractivity contribution in [1.82, 2.24) is 0 Å².